The molecule has 7 aromatic rings. The number of nitrogens with zero attached hydrogens (tertiary/aromatic N) is 1. The molecule has 0 N–H and O–H groups in total. The second kappa shape index (κ2) is 13.8. The molecule has 2 radical (unpaired) electrons. The van der Waals surface area contributed by atoms with Crippen molar-refractivity contribution < 1.29 is 0 Å². The molecular formula is C52H44BN. The molecule has 2 aliphatic carbocycles. The number of anilines is 3. The van der Waals surface area contributed by atoms with E-state index in [4.69, 9.17) is 7.85 Å². The maximum atomic E-state index is 6.60. The Morgan fingerprint density at radius 1 is 0.556 bits per heavy atom. The smallest absolute Gasteiger partial charge is 0.114 e. The van der Waals surface area contributed by atoms with Crippen molar-refractivity contribution in [2.45, 2.75) is 52.9 Å². The Hall–Kier alpha value is -5.86. The molecule has 54 heavy (non-hydrogen) atoms. The number of allylic oxidation sites excluding steroid dienone is 4. The second-order valence-electron chi connectivity index (χ2n) is 15.2. The molecule has 2 aliphatic rings. The van der Waals surface area contributed by atoms with Gasteiger partial charge < -0.3 is 4.90 Å². The van der Waals surface area contributed by atoms with Gasteiger partial charge in [0.2, 0.25) is 0 Å². The van der Waals surface area contributed by atoms with E-state index >= 15 is 0 Å². The van der Waals surface area contributed by atoms with Crippen LogP contribution in [-0.4, -0.2) is 7.85 Å². The molecule has 260 valence electrons. The molecule has 0 bridgehead atoms. The Bertz CT molecular complexity index is 2570. The van der Waals surface area contributed by atoms with Crippen LogP contribution in [0.1, 0.15) is 57.7 Å². The maximum Gasteiger partial charge on any atom is 0.114 e. The van der Waals surface area contributed by atoms with Crippen LogP contribution in [0.15, 0.2) is 157 Å². The van der Waals surface area contributed by atoms with Crippen molar-refractivity contribution >= 4 is 46.7 Å². The molecule has 0 spiro atoms. The zero-order chi connectivity index (χ0) is 36.9. The van der Waals surface area contributed by atoms with Crippen molar-refractivity contribution in [3.63, 3.8) is 0 Å². The van der Waals surface area contributed by atoms with Crippen LogP contribution >= 0.6 is 0 Å². The number of benzene rings is 7. The number of para-hydroxylation sites is 1. The average molecular weight is 694 g/mol. The predicted octanol–water partition coefficient (Wildman–Crippen LogP) is 13.1. The van der Waals surface area contributed by atoms with Crippen LogP contribution in [0.4, 0.5) is 17.1 Å². The highest BCUT2D eigenvalue weighted by Crippen LogP contribution is 2.49. The molecule has 0 amide bonds. The lowest BCUT2D eigenvalue weighted by molar-refractivity contribution is 0.880. The van der Waals surface area contributed by atoms with Gasteiger partial charge in [-0.2, -0.15) is 0 Å². The van der Waals surface area contributed by atoms with E-state index in [0.717, 1.165) is 41.8 Å². The zero-order valence-electron chi connectivity index (χ0n) is 31.7. The van der Waals surface area contributed by atoms with E-state index in [0.29, 0.717) is 5.92 Å². The van der Waals surface area contributed by atoms with Gasteiger partial charge in [0.1, 0.15) is 7.85 Å². The lowest BCUT2D eigenvalue weighted by Crippen LogP contribution is -2.16. The summed E-state index contributed by atoms with van der Waals surface area (Å²) in [4.78, 5) is 2.35. The Morgan fingerprint density at radius 3 is 1.78 bits per heavy atom. The molecule has 0 fully saturated rings. The minimum Gasteiger partial charge on any atom is -0.311 e. The van der Waals surface area contributed by atoms with Gasteiger partial charge >= 0.3 is 0 Å². The van der Waals surface area contributed by atoms with E-state index in [2.05, 4.69) is 184 Å². The third-order valence-electron chi connectivity index (χ3n) is 12.2. The van der Waals surface area contributed by atoms with Crippen LogP contribution in [-0.2, 0) is 6.42 Å². The third-order valence-corrected chi connectivity index (χ3v) is 12.2. The summed E-state index contributed by atoms with van der Waals surface area (Å²) in [7, 11) is 6.60. The minimum atomic E-state index is 0.298. The lowest BCUT2D eigenvalue weighted by atomic mass is 9.77. The fourth-order valence-corrected chi connectivity index (χ4v) is 9.03. The molecule has 1 unspecified atom stereocenters. The van der Waals surface area contributed by atoms with E-state index in [1.807, 2.05) is 0 Å². The summed E-state index contributed by atoms with van der Waals surface area (Å²) in [5, 5.41) is 2.72. The van der Waals surface area contributed by atoms with Crippen LogP contribution in [0, 0.1) is 27.7 Å². The highest BCUT2D eigenvalue weighted by Gasteiger charge is 2.29. The van der Waals surface area contributed by atoms with Crippen molar-refractivity contribution in [2.24, 2.45) is 0 Å². The minimum absolute atomic E-state index is 0.298. The summed E-state index contributed by atoms with van der Waals surface area (Å²) >= 11 is 0. The summed E-state index contributed by atoms with van der Waals surface area (Å²) < 4.78 is 0. The molecule has 1 nitrogen and oxygen atoms in total. The van der Waals surface area contributed by atoms with Gasteiger partial charge in [-0.05, 0) is 156 Å². The van der Waals surface area contributed by atoms with Crippen molar-refractivity contribution in [3.8, 4) is 22.3 Å². The van der Waals surface area contributed by atoms with Gasteiger partial charge in [0.15, 0.2) is 0 Å². The van der Waals surface area contributed by atoms with Gasteiger partial charge in [-0.15, -0.1) is 0 Å². The van der Waals surface area contributed by atoms with E-state index < -0.39 is 0 Å². The van der Waals surface area contributed by atoms with Crippen molar-refractivity contribution in [1.82, 2.24) is 0 Å². The van der Waals surface area contributed by atoms with E-state index in [1.165, 1.54) is 77.5 Å². The SMILES string of the molecule is [B]c1c(C)c(C)c(-c2cc3c(c4ccccc24)CC2=C3CC(c3ccc(N(c4ccccc4)c4ccc(-c5ccccc5)cc4)cc3)C=CC2)c(C)c1C. The van der Waals surface area contributed by atoms with E-state index in [-0.39, 0.29) is 0 Å². The molecular weight excluding hydrogens is 649 g/mol. The van der Waals surface area contributed by atoms with Gasteiger partial charge in [0.05, 0.1) is 0 Å². The fourth-order valence-electron chi connectivity index (χ4n) is 9.03. The molecule has 2 heteroatoms. The Balaban J connectivity index is 1.07. The molecule has 0 saturated heterocycles. The highest BCUT2D eigenvalue weighted by atomic mass is 15.1. The summed E-state index contributed by atoms with van der Waals surface area (Å²) in [5.41, 5.74) is 21.8. The van der Waals surface area contributed by atoms with Gasteiger partial charge in [-0.3, -0.25) is 0 Å². The highest BCUT2D eigenvalue weighted by molar-refractivity contribution is 6.35. The number of hydrogen-bond donors (Lipinski definition) is 0. The normalized spacial score (nSPS) is 14.9. The largest absolute Gasteiger partial charge is 0.311 e. The quantitative estimate of drug-likeness (QED) is 0.124. The zero-order valence-corrected chi connectivity index (χ0v) is 31.7. The maximum absolute atomic E-state index is 6.60. The van der Waals surface area contributed by atoms with Gasteiger partial charge in [0, 0.05) is 23.0 Å². The third kappa shape index (κ3) is 5.82. The van der Waals surface area contributed by atoms with E-state index in [1.54, 1.807) is 5.57 Å². The molecule has 9 rings (SSSR count). The summed E-state index contributed by atoms with van der Waals surface area (Å²) in [5.74, 6) is 0.298. The number of fused-ring (bicyclic) bond motifs is 4. The van der Waals surface area contributed by atoms with Crippen molar-refractivity contribution in [1.29, 1.82) is 0 Å². The first-order valence-electron chi connectivity index (χ1n) is 19.3. The summed E-state index contributed by atoms with van der Waals surface area (Å²) in [6, 6.07) is 51.0. The Morgan fingerprint density at radius 2 is 1.11 bits per heavy atom. The molecule has 0 saturated carbocycles. The second-order valence-corrected chi connectivity index (χ2v) is 15.2. The average Bonchev–Trinajstić information content (AvgIpc) is 3.42. The molecule has 0 aliphatic heterocycles. The summed E-state index contributed by atoms with van der Waals surface area (Å²) in [6.07, 6.45) is 7.89. The van der Waals surface area contributed by atoms with Gasteiger partial charge in [-0.25, -0.2) is 0 Å². The fraction of sp³-hybridized carbons (Fsp3) is 0.154. The van der Waals surface area contributed by atoms with Gasteiger partial charge in [-0.1, -0.05) is 131 Å². The monoisotopic (exact) mass is 693 g/mol. The number of hydrogen-bond acceptors (Lipinski definition) is 1. The van der Waals surface area contributed by atoms with Crippen LogP contribution in [0.5, 0.6) is 0 Å². The molecule has 1 atom stereocenters. The topological polar surface area (TPSA) is 3.24 Å². The molecule has 0 aromatic heterocycles. The molecule has 7 aromatic carbocycles. The first-order chi connectivity index (χ1) is 26.4. The van der Waals surface area contributed by atoms with E-state index in [9.17, 15) is 0 Å². The Labute approximate surface area is 321 Å². The lowest BCUT2D eigenvalue weighted by Gasteiger charge is -2.26. The first kappa shape index (κ1) is 33.9. The predicted molar refractivity (Wildman–Crippen MR) is 232 cm³/mol. The molecule has 0 heterocycles. The Kier molecular flexibility index (Phi) is 8.71. The van der Waals surface area contributed by atoms with Crippen LogP contribution in [0.3, 0.4) is 0 Å². The summed E-state index contributed by atoms with van der Waals surface area (Å²) in [6.45, 7) is 8.83. The van der Waals surface area contributed by atoms with Gasteiger partial charge in [0.25, 0.3) is 0 Å². The van der Waals surface area contributed by atoms with Crippen molar-refractivity contribution in [3.05, 3.63) is 196 Å². The van der Waals surface area contributed by atoms with Crippen LogP contribution < -0.4 is 10.4 Å². The first-order valence-corrected chi connectivity index (χ1v) is 19.3. The van der Waals surface area contributed by atoms with Crippen LogP contribution in [0.25, 0.3) is 38.6 Å². The van der Waals surface area contributed by atoms with Crippen molar-refractivity contribution in [2.75, 3.05) is 4.90 Å². The number of rotatable bonds is 6. The standard InChI is InChI=1S/C52H44BN/c1-33-35(3)52(53)36(4)34(2)51(33)50-32-49-47-30-40(16-13-17-41(47)31-48(49)45-20-11-12-21-46(45)50)39-24-28-44(29-25-39)54(42-18-9-6-10-19-42)43-26-22-38(23-27-43)37-14-7-5-8-15-37/h5-16,18-29,32,40H,17,30-31H2,1-4H3. The van der Waals surface area contributed by atoms with Crippen LogP contribution in [0.2, 0.25) is 0 Å².